The number of benzene rings is 1. The number of para-hydroxylation sites is 1. The standard InChI is InChI=1S/C13H15F3N2O2/c14-13(15,16)5-2-6-18-12(19)9-3-1-4-10-11(9)20-8-7-17-10/h1,3-4,17H,2,5-8H2,(H,18,19). The van der Waals surface area contributed by atoms with Gasteiger partial charge in [-0.15, -0.1) is 0 Å². The summed E-state index contributed by atoms with van der Waals surface area (Å²) in [4.78, 5) is 11.9. The van der Waals surface area contributed by atoms with Gasteiger partial charge in [0.05, 0.1) is 11.3 Å². The summed E-state index contributed by atoms with van der Waals surface area (Å²) < 4.78 is 41.4. The Kier molecular flexibility index (Phi) is 4.36. The highest BCUT2D eigenvalue weighted by Gasteiger charge is 2.26. The van der Waals surface area contributed by atoms with E-state index < -0.39 is 18.5 Å². The molecule has 20 heavy (non-hydrogen) atoms. The van der Waals surface area contributed by atoms with Crippen LogP contribution in [-0.2, 0) is 0 Å². The lowest BCUT2D eigenvalue weighted by molar-refractivity contribution is -0.135. The second-order valence-corrected chi connectivity index (χ2v) is 4.43. The van der Waals surface area contributed by atoms with Gasteiger partial charge in [-0.05, 0) is 18.6 Å². The van der Waals surface area contributed by atoms with E-state index in [0.29, 0.717) is 24.5 Å². The molecule has 0 spiro atoms. The number of hydrogen-bond acceptors (Lipinski definition) is 3. The summed E-state index contributed by atoms with van der Waals surface area (Å²) in [6.45, 7) is 1.09. The minimum Gasteiger partial charge on any atom is -0.489 e. The molecular formula is C13H15F3N2O2. The Labute approximate surface area is 114 Å². The first kappa shape index (κ1) is 14.5. The minimum absolute atomic E-state index is 0.0184. The number of halogens is 3. The Morgan fingerprint density at radius 1 is 1.40 bits per heavy atom. The molecule has 1 heterocycles. The zero-order valence-corrected chi connectivity index (χ0v) is 10.7. The Balaban J connectivity index is 1.93. The maximum absolute atomic E-state index is 12.0. The van der Waals surface area contributed by atoms with Crippen molar-refractivity contribution in [2.24, 2.45) is 0 Å². The van der Waals surface area contributed by atoms with Crippen LogP contribution in [0.2, 0.25) is 0 Å². The summed E-state index contributed by atoms with van der Waals surface area (Å²) >= 11 is 0. The van der Waals surface area contributed by atoms with Gasteiger partial charge in [-0.1, -0.05) is 6.07 Å². The van der Waals surface area contributed by atoms with E-state index in [1.54, 1.807) is 18.2 Å². The van der Waals surface area contributed by atoms with E-state index in [0.717, 1.165) is 5.69 Å². The van der Waals surface area contributed by atoms with Crippen LogP contribution >= 0.6 is 0 Å². The molecule has 4 nitrogen and oxygen atoms in total. The first-order valence-corrected chi connectivity index (χ1v) is 6.32. The second kappa shape index (κ2) is 6.02. The highest BCUT2D eigenvalue weighted by atomic mass is 19.4. The van der Waals surface area contributed by atoms with E-state index in [1.807, 2.05) is 0 Å². The van der Waals surface area contributed by atoms with E-state index in [1.165, 1.54) is 0 Å². The van der Waals surface area contributed by atoms with Gasteiger partial charge in [-0.2, -0.15) is 13.2 Å². The molecule has 1 aromatic carbocycles. The maximum atomic E-state index is 12.0. The van der Waals surface area contributed by atoms with Gasteiger partial charge in [-0.3, -0.25) is 4.79 Å². The molecule has 0 aromatic heterocycles. The van der Waals surface area contributed by atoms with Crippen molar-refractivity contribution in [2.45, 2.75) is 19.0 Å². The van der Waals surface area contributed by atoms with E-state index >= 15 is 0 Å². The zero-order valence-electron chi connectivity index (χ0n) is 10.7. The highest BCUT2D eigenvalue weighted by Crippen LogP contribution is 2.31. The molecule has 7 heteroatoms. The van der Waals surface area contributed by atoms with Crippen LogP contribution in [0.1, 0.15) is 23.2 Å². The highest BCUT2D eigenvalue weighted by molar-refractivity contribution is 5.98. The summed E-state index contributed by atoms with van der Waals surface area (Å²) in [5.74, 6) is 0.0276. The Morgan fingerprint density at radius 2 is 2.20 bits per heavy atom. The number of hydrogen-bond donors (Lipinski definition) is 2. The molecule has 2 rings (SSSR count). The van der Waals surface area contributed by atoms with Crippen molar-refractivity contribution in [3.63, 3.8) is 0 Å². The lowest BCUT2D eigenvalue weighted by Crippen LogP contribution is -2.27. The number of fused-ring (bicyclic) bond motifs is 1. The van der Waals surface area contributed by atoms with Crippen molar-refractivity contribution in [2.75, 3.05) is 25.0 Å². The fraction of sp³-hybridized carbons (Fsp3) is 0.462. The lowest BCUT2D eigenvalue weighted by atomic mass is 10.1. The van der Waals surface area contributed by atoms with E-state index in [-0.39, 0.29) is 13.0 Å². The number of nitrogens with one attached hydrogen (secondary N) is 2. The number of amides is 1. The van der Waals surface area contributed by atoms with Crippen LogP contribution < -0.4 is 15.4 Å². The average molecular weight is 288 g/mol. The fourth-order valence-corrected chi connectivity index (χ4v) is 1.94. The van der Waals surface area contributed by atoms with Crippen LogP contribution in [0.3, 0.4) is 0 Å². The van der Waals surface area contributed by atoms with Crippen molar-refractivity contribution in [3.05, 3.63) is 23.8 Å². The van der Waals surface area contributed by atoms with Crippen LogP contribution in [0, 0.1) is 0 Å². The SMILES string of the molecule is O=C(NCCCC(F)(F)F)c1cccc2c1OCCN2. The Morgan fingerprint density at radius 3 is 2.95 bits per heavy atom. The molecule has 1 aromatic rings. The third-order valence-corrected chi connectivity index (χ3v) is 2.85. The third-order valence-electron chi connectivity index (χ3n) is 2.85. The van der Waals surface area contributed by atoms with Crippen LogP contribution in [0.4, 0.5) is 18.9 Å². The van der Waals surface area contributed by atoms with E-state index in [9.17, 15) is 18.0 Å². The predicted molar refractivity (Wildman–Crippen MR) is 68.0 cm³/mol. The molecule has 0 radical (unpaired) electrons. The summed E-state index contributed by atoms with van der Waals surface area (Å²) in [6.07, 6.45) is -5.23. The predicted octanol–water partition coefficient (Wildman–Crippen LogP) is 2.56. The maximum Gasteiger partial charge on any atom is 0.389 e. The van der Waals surface area contributed by atoms with Gasteiger partial charge in [0.1, 0.15) is 6.61 Å². The summed E-state index contributed by atoms with van der Waals surface area (Å²) in [5.41, 5.74) is 1.06. The third kappa shape index (κ3) is 3.79. The van der Waals surface area contributed by atoms with Crippen molar-refractivity contribution in [3.8, 4) is 5.75 Å². The van der Waals surface area contributed by atoms with Crippen LogP contribution in [0.5, 0.6) is 5.75 Å². The minimum atomic E-state index is -4.19. The van der Waals surface area contributed by atoms with Crippen molar-refractivity contribution in [1.29, 1.82) is 0 Å². The number of carbonyl (C=O) groups is 1. The van der Waals surface area contributed by atoms with Crippen LogP contribution in [0.15, 0.2) is 18.2 Å². The molecule has 2 N–H and O–H groups in total. The van der Waals surface area contributed by atoms with Crippen molar-refractivity contribution in [1.82, 2.24) is 5.32 Å². The number of alkyl halides is 3. The van der Waals surface area contributed by atoms with Gasteiger partial charge in [-0.25, -0.2) is 0 Å². The number of ether oxygens (including phenoxy) is 1. The molecule has 0 aliphatic carbocycles. The summed E-state index contributed by atoms with van der Waals surface area (Å²) in [6, 6.07) is 5.07. The molecule has 0 atom stereocenters. The molecule has 0 fully saturated rings. The van der Waals surface area contributed by atoms with Crippen molar-refractivity contribution < 1.29 is 22.7 Å². The van der Waals surface area contributed by atoms with Gasteiger partial charge >= 0.3 is 6.18 Å². The number of carbonyl (C=O) groups excluding carboxylic acids is 1. The van der Waals surface area contributed by atoms with Crippen LogP contribution in [-0.4, -0.2) is 31.8 Å². The Hall–Kier alpha value is -1.92. The normalized spacial score (nSPS) is 13.9. The fourth-order valence-electron chi connectivity index (χ4n) is 1.94. The van der Waals surface area contributed by atoms with Gasteiger partial charge < -0.3 is 15.4 Å². The molecule has 1 amide bonds. The molecule has 1 aliphatic rings. The lowest BCUT2D eigenvalue weighted by Gasteiger charge is -2.21. The molecule has 1 aliphatic heterocycles. The topological polar surface area (TPSA) is 50.4 Å². The van der Waals surface area contributed by atoms with Gasteiger partial charge in [0.25, 0.3) is 5.91 Å². The van der Waals surface area contributed by atoms with E-state index in [2.05, 4.69) is 10.6 Å². The monoisotopic (exact) mass is 288 g/mol. The second-order valence-electron chi connectivity index (χ2n) is 4.43. The summed E-state index contributed by atoms with van der Waals surface area (Å²) in [7, 11) is 0. The first-order valence-electron chi connectivity index (χ1n) is 6.32. The molecule has 0 saturated heterocycles. The first-order chi connectivity index (χ1) is 9.47. The van der Waals surface area contributed by atoms with Crippen LogP contribution in [0.25, 0.3) is 0 Å². The summed E-state index contributed by atoms with van der Waals surface area (Å²) in [5, 5.41) is 5.57. The smallest absolute Gasteiger partial charge is 0.389 e. The molecular weight excluding hydrogens is 273 g/mol. The molecule has 110 valence electrons. The number of anilines is 1. The molecule has 0 bridgehead atoms. The Bertz CT molecular complexity index is 489. The van der Waals surface area contributed by atoms with Crippen molar-refractivity contribution >= 4 is 11.6 Å². The quantitative estimate of drug-likeness (QED) is 0.837. The molecule has 0 saturated carbocycles. The zero-order chi connectivity index (χ0) is 14.6. The van der Waals surface area contributed by atoms with Gasteiger partial charge in [0.15, 0.2) is 5.75 Å². The average Bonchev–Trinajstić information content (AvgIpc) is 2.41. The largest absolute Gasteiger partial charge is 0.489 e. The molecule has 0 unspecified atom stereocenters. The van der Waals surface area contributed by atoms with Gasteiger partial charge in [0.2, 0.25) is 0 Å². The number of rotatable bonds is 4. The van der Waals surface area contributed by atoms with Gasteiger partial charge in [0, 0.05) is 19.5 Å². The van der Waals surface area contributed by atoms with E-state index in [4.69, 9.17) is 4.74 Å².